The van der Waals surface area contributed by atoms with Gasteiger partial charge in [-0.05, 0) is 42.5 Å². The predicted molar refractivity (Wildman–Crippen MR) is 66.4 cm³/mol. The Kier molecular flexibility index (Phi) is 3.66. The Labute approximate surface area is 109 Å². The molecule has 0 amide bonds. The summed E-state index contributed by atoms with van der Waals surface area (Å²) >= 11 is 0. The SMILES string of the molecule is COc1ccc(Oc2ccc(F)cc2)c(C(=O)O)c1. The Balaban J connectivity index is 2.33. The van der Waals surface area contributed by atoms with Crippen molar-refractivity contribution < 1.29 is 23.8 Å². The predicted octanol–water partition coefficient (Wildman–Crippen LogP) is 3.32. The molecule has 0 aromatic heterocycles. The van der Waals surface area contributed by atoms with Gasteiger partial charge in [0.25, 0.3) is 0 Å². The summed E-state index contributed by atoms with van der Waals surface area (Å²) in [6, 6.07) is 9.76. The van der Waals surface area contributed by atoms with Crippen LogP contribution in [0, 0.1) is 5.82 Å². The van der Waals surface area contributed by atoms with Crippen molar-refractivity contribution in [3.05, 3.63) is 53.8 Å². The van der Waals surface area contributed by atoms with E-state index < -0.39 is 5.97 Å². The minimum atomic E-state index is -1.13. The van der Waals surface area contributed by atoms with E-state index in [-0.39, 0.29) is 17.1 Å². The van der Waals surface area contributed by atoms with Gasteiger partial charge in [0.05, 0.1) is 7.11 Å². The second-order valence-electron chi connectivity index (χ2n) is 3.72. The largest absolute Gasteiger partial charge is 0.497 e. The third-order valence-corrected chi connectivity index (χ3v) is 2.46. The first-order valence-corrected chi connectivity index (χ1v) is 5.45. The summed E-state index contributed by atoms with van der Waals surface area (Å²) in [5.74, 6) is -0.575. The number of aromatic carboxylic acids is 1. The van der Waals surface area contributed by atoms with E-state index in [4.69, 9.17) is 14.6 Å². The van der Waals surface area contributed by atoms with Gasteiger partial charge in [-0.3, -0.25) is 0 Å². The number of carboxylic acid groups (broad SMARTS) is 1. The highest BCUT2D eigenvalue weighted by Crippen LogP contribution is 2.28. The van der Waals surface area contributed by atoms with E-state index in [0.717, 1.165) is 0 Å². The number of halogens is 1. The molecule has 4 nitrogen and oxygen atoms in total. The van der Waals surface area contributed by atoms with Crippen molar-refractivity contribution >= 4 is 5.97 Å². The van der Waals surface area contributed by atoms with Crippen LogP contribution in [-0.2, 0) is 0 Å². The van der Waals surface area contributed by atoms with E-state index in [2.05, 4.69) is 0 Å². The quantitative estimate of drug-likeness (QED) is 0.918. The summed E-state index contributed by atoms with van der Waals surface area (Å²) in [6.07, 6.45) is 0. The molecular weight excluding hydrogens is 251 g/mol. The highest BCUT2D eigenvalue weighted by molar-refractivity contribution is 5.91. The Bertz CT molecular complexity index is 593. The third kappa shape index (κ3) is 3.01. The van der Waals surface area contributed by atoms with Gasteiger partial charge in [0, 0.05) is 0 Å². The fourth-order valence-electron chi connectivity index (χ4n) is 1.52. The van der Waals surface area contributed by atoms with Crippen LogP contribution >= 0.6 is 0 Å². The number of methoxy groups -OCH3 is 1. The maximum Gasteiger partial charge on any atom is 0.339 e. The van der Waals surface area contributed by atoms with Gasteiger partial charge in [-0.1, -0.05) is 0 Å². The molecule has 19 heavy (non-hydrogen) atoms. The molecule has 0 aliphatic rings. The van der Waals surface area contributed by atoms with Crippen molar-refractivity contribution in [1.29, 1.82) is 0 Å². The van der Waals surface area contributed by atoms with Gasteiger partial charge < -0.3 is 14.6 Å². The van der Waals surface area contributed by atoms with Crippen molar-refractivity contribution in [3.63, 3.8) is 0 Å². The number of hydrogen-bond donors (Lipinski definition) is 1. The van der Waals surface area contributed by atoms with Crippen LogP contribution in [0.15, 0.2) is 42.5 Å². The first-order chi connectivity index (χ1) is 9.10. The maximum atomic E-state index is 12.8. The highest BCUT2D eigenvalue weighted by atomic mass is 19.1. The molecular formula is C14H11FO4. The van der Waals surface area contributed by atoms with E-state index in [1.165, 1.54) is 43.5 Å². The molecule has 98 valence electrons. The molecule has 0 aliphatic heterocycles. The average Bonchev–Trinajstić information content (AvgIpc) is 2.41. The minimum Gasteiger partial charge on any atom is -0.497 e. The third-order valence-electron chi connectivity index (χ3n) is 2.46. The lowest BCUT2D eigenvalue weighted by Crippen LogP contribution is -2.00. The van der Waals surface area contributed by atoms with Crippen molar-refractivity contribution in [1.82, 2.24) is 0 Å². The van der Waals surface area contributed by atoms with Crippen LogP contribution < -0.4 is 9.47 Å². The Hall–Kier alpha value is -2.56. The van der Waals surface area contributed by atoms with E-state index in [0.29, 0.717) is 11.5 Å². The van der Waals surface area contributed by atoms with Crippen LogP contribution in [0.5, 0.6) is 17.2 Å². The van der Waals surface area contributed by atoms with Crippen molar-refractivity contribution in [2.75, 3.05) is 7.11 Å². The highest BCUT2D eigenvalue weighted by Gasteiger charge is 2.13. The van der Waals surface area contributed by atoms with Crippen LogP contribution in [0.4, 0.5) is 4.39 Å². The van der Waals surface area contributed by atoms with Gasteiger partial charge in [-0.2, -0.15) is 0 Å². The molecule has 2 rings (SSSR count). The molecule has 1 N–H and O–H groups in total. The number of benzene rings is 2. The number of carbonyl (C=O) groups is 1. The normalized spacial score (nSPS) is 10.0. The van der Waals surface area contributed by atoms with Gasteiger partial charge in [0.1, 0.15) is 28.6 Å². The number of rotatable bonds is 4. The van der Waals surface area contributed by atoms with Crippen molar-refractivity contribution in [3.8, 4) is 17.2 Å². The molecule has 0 saturated heterocycles. The molecule has 5 heteroatoms. The van der Waals surface area contributed by atoms with Gasteiger partial charge in [-0.25, -0.2) is 9.18 Å². The molecule has 0 saturated carbocycles. The lowest BCUT2D eigenvalue weighted by Gasteiger charge is -2.10. The molecule has 2 aromatic rings. The minimum absolute atomic E-state index is 0.0244. The molecule has 0 aliphatic carbocycles. The number of ether oxygens (including phenoxy) is 2. The summed E-state index contributed by atoms with van der Waals surface area (Å²) in [5, 5.41) is 9.11. The van der Waals surface area contributed by atoms with Crippen LogP contribution in [0.2, 0.25) is 0 Å². The summed E-state index contributed by atoms with van der Waals surface area (Å²) in [7, 11) is 1.45. The van der Waals surface area contributed by atoms with Gasteiger partial charge in [0.15, 0.2) is 0 Å². The Morgan fingerprint density at radius 1 is 1.11 bits per heavy atom. The monoisotopic (exact) mass is 262 g/mol. The van der Waals surface area contributed by atoms with Crippen LogP contribution in [0.1, 0.15) is 10.4 Å². The summed E-state index contributed by atoms with van der Waals surface area (Å²) in [4.78, 5) is 11.1. The van der Waals surface area contributed by atoms with Crippen LogP contribution in [0.25, 0.3) is 0 Å². The zero-order valence-corrected chi connectivity index (χ0v) is 10.1. The maximum absolute atomic E-state index is 12.8. The topological polar surface area (TPSA) is 55.8 Å². The van der Waals surface area contributed by atoms with Crippen LogP contribution in [0.3, 0.4) is 0 Å². The van der Waals surface area contributed by atoms with E-state index in [1.54, 1.807) is 6.07 Å². The molecule has 0 radical (unpaired) electrons. The smallest absolute Gasteiger partial charge is 0.339 e. The zero-order chi connectivity index (χ0) is 13.8. The fraction of sp³-hybridized carbons (Fsp3) is 0.0714. The van der Waals surface area contributed by atoms with Gasteiger partial charge in [0.2, 0.25) is 0 Å². The lowest BCUT2D eigenvalue weighted by molar-refractivity contribution is 0.0693. The first kappa shape index (κ1) is 12.9. The van der Waals surface area contributed by atoms with E-state index in [1.807, 2.05) is 0 Å². The van der Waals surface area contributed by atoms with Crippen molar-refractivity contribution in [2.24, 2.45) is 0 Å². The van der Waals surface area contributed by atoms with Crippen LogP contribution in [-0.4, -0.2) is 18.2 Å². The summed E-state index contributed by atoms with van der Waals surface area (Å²) in [5.41, 5.74) is -0.0244. The second-order valence-corrected chi connectivity index (χ2v) is 3.72. The Morgan fingerprint density at radius 2 is 1.74 bits per heavy atom. The molecule has 2 aromatic carbocycles. The standard InChI is InChI=1S/C14H11FO4/c1-18-11-6-7-13(12(8-11)14(16)17)19-10-4-2-9(15)3-5-10/h2-8H,1H3,(H,16,17). The van der Waals surface area contributed by atoms with E-state index >= 15 is 0 Å². The molecule has 0 heterocycles. The molecule has 0 unspecified atom stereocenters. The Morgan fingerprint density at radius 3 is 2.32 bits per heavy atom. The molecule has 0 fully saturated rings. The second kappa shape index (κ2) is 5.39. The van der Waals surface area contributed by atoms with E-state index in [9.17, 15) is 9.18 Å². The zero-order valence-electron chi connectivity index (χ0n) is 10.1. The molecule has 0 spiro atoms. The first-order valence-electron chi connectivity index (χ1n) is 5.45. The summed E-state index contributed by atoms with van der Waals surface area (Å²) in [6.45, 7) is 0. The van der Waals surface area contributed by atoms with Crippen molar-refractivity contribution in [2.45, 2.75) is 0 Å². The van der Waals surface area contributed by atoms with Gasteiger partial charge >= 0.3 is 5.97 Å². The fourth-order valence-corrected chi connectivity index (χ4v) is 1.52. The number of carboxylic acids is 1. The lowest BCUT2D eigenvalue weighted by atomic mass is 10.2. The summed E-state index contributed by atoms with van der Waals surface area (Å²) < 4.78 is 23.1. The molecule has 0 bridgehead atoms. The molecule has 0 atom stereocenters. The number of hydrogen-bond acceptors (Lipinski definition) is 3. The average molecular weight is 262 g/mol. The van der Waals surface area contributed by atoms with Gasteiger partial charge in [-0.15, -0.1) is 0 Å².